The van der Waals surface area contributed by atoms with Crippen LogP contribution >= 0.6 is 0 Å². The quantitative estimate of drug-likeness (QED) is 0.927. The number of aromatic nitrogens is 2. The molecule has 0 aliphatic carbocycles. The molecule has 1 aromatic rings. The Morgan fingerprint density at radius 1 is 1.30 bits per heavy atom. The zero-order valence-electron chi connectivity index (χ0n) is 15.2. The zero-order chi connectivity index (χ0) is 17.3. The van der Waals surface area contributed by atoms with E-state index in [1.165, 1.54) is 0 Å². The number of morpholine rings is 1. The lowest BCUT2D eigenvalue weighted by molar-refractivity contribution is -0.170. The lowest BCUT2D eigenvalue weighted by atomic mass is 9.99. The summed E-state index contributed by atoms with van der Waals surface area (Å²) in [6.07, 6.45) is 3.74. The molecule has 1 aromatic heterocycles. The van der Waals surface area contributed by atoms with E-state index in [0.717, 1.165) is 12.4 Å². The number of nitrogens with zero attached hydrogens (tertiary/aromatic N) is 3. The van der Waals surface area contributed by atoms with Gasteiger partial charge in [-0.05, 0) is 33.6 Å². The molecule has 6 nitrogen and oxygen atoms in total. The molecule has 1 saturated heterocycles. The van der Waals surface area contributed by atoms with Crippen molar-refractivity contribution >= 4 is 6.03 Å². The molecule has 0 radical (unpaired) electrons. The van der Waals surface area contributed by atoms with Crippen molar-refractivity contribution in [2.45, 2.75) is 65.8 Å². The Kier molecular flexibility index (Phi) is 5.04. The lowest BCUT2D eigenvalue weighted by Gasteiger charge is -2.46. The summed E-state index contributed by atoms with van der Waals surface area (Å²) in [7, 11) is 0. The summed E-state index contributed by atoms with van der Waals surface area (Å²) >= 11 is 0. The number of carbonyl (C=O) groups is 1. The number of hydrogen-bond acceptors (Lipinski definition) is 3. The Morgan fingerprint density at radius 3 is 2.48 bits per heavy atom. The molecule has 23 heavy (non-hydrogen) atoms. The van der Waals surface area contributed by atoms with E-state index >= 15 is 0 Å². The first-order valence-corrected chi connectivity index (χ1v) is 8.31. The third-order valence-corrected chi connectivity index (χ3v) is 3.74. The third kappa shape index (κ3) is 4.96. The maximum absolute atomic E-state index is 12.5. The van der Waals surface area contributed by atoms with E-state index in [-0.39, 0.29) is 17.2 Å². The fraction of sp³-hybridized carbons (Fsp3) is 0.765. The monoisotopic (exact) mass is 322 g/mol. The van der Waals surface area contributed by atoms with Crippen LogP contribution in [0.3, 0.4) is 0 Å². The van der Waals surface area contributed by atoms with Gasteiger partial charge in [0.25, 0.3) is 0 Å². The standard InChI is InChI=1S/C17H30N4O2/c1-13(2)10-20-8-7-18-14(20)9-19-15(22)21-11-16(3,4)23-17(5,6)12-21/h7-8,13H,9-12H2,1-6H3,(H,19,22). The molecule has 1 aliphatic heterocycles. The maximum Gasteiger partial charge on any atom is 0.317 e. The molecule has 130 valence electrons. The fourth-order valence-electron chi connectivity index (χ4n) is 3.26. The highest BCUT2D eigenvalue weighted by atomic mass is 16.5. The van der Waals surface area contributed by atoms with Crippen molar-refractivity contribution in [2.75, 3.05) is 13.1 Å². The van der Waals surface area contributed by atoms with Gasteiger partial charge in [-0.2, -0.15) is 0 Å². The first kappa shape index (κ1) is 17.8. The number of carbonyl (C=O) groups excluding carboxylic acids is 1. The fourth-order valence-corrected chi connectivity index (χ4v) is 3.26. The molecular weight excluding hydrogens is 292 g/mol. The molecule has 1 fully saturated rings. The number of nitrogens with one attached hydrogen (secondary N) is 1. The summed E-state index contributed by atoms with van der Waals surface area (Å²) < 4.78 is 8.11. The minimum Gasteiger partial charge on any atom is -0.366 e. The van der Waals surface area contributed by atoms with E-state index in [1.54, 1.807) is 6.20 Å². The van der Waals surface area contributed by atoms with Gasteiger partial charge in [-0.3, -0.25) is 0 Å². The average molecular weight is 322 g/mol. The van der Waals surface area contributed by atoms with Crippen LogP contribution in [-0.2, 0) is 17.8 Å². The maximum atomic E-state index is 12.5. The van der Waals surface area contributed by atoms with Crippen LogP contribution in [0.25, 0.3) is 0 Å². The Morgan fingerprint density at radius 2 is 1.91 bits per heavy atom. The van der Waals surface area contributed by atoms with Crippen LogP contribution in [0.4, 0.5) is 4.79 Å². The summed E-state index contributed by atoms with van der Waals surface area (Å²) in [5, 5.41) is 2.99. The molecule has 1 N–H and O–H groups in total. The minimum absolute atomic E-state index is 0.0615. The van der Waals surface area contributed by atoms with Gasteiger partial charge in [0.2, 0.25) is 0 Å². The number of urea groups is 1. The smallest absolute Gasteiger partial charge is 0.317 e. The molecular formula is C17H30N4O2. The van der Waals surface area contributed by atoms with Crippen LogP contribution in [0.2, 0.25) is 0 Å². The van der Waals surface area contributed by atoms with Crippen LogP contribution in [0.15, 0.2) is 12.4 Å². The van der Waals surface area contributed by atoms with Crippen LogP contribution < -0.4 is 5.32 Å². The molecule has 0 saturated carbocycles. The van der Waals surface area contributed by atoms with E-state index in [2.05, 4.69) is 28.7 Å². The highest BCUT2D eigenvalue weighted by molar-refractivity contribution is 5.74. The van der Waals surface area contributed by atoms with Gasteiger partial charge in [-0.1, -0.05) is 13.8 Å². The SMILES string of the molecule is CC(C)Cn1ccnc1CNC(=O)N1CC(C)(C)OC(C)(C)C1. The van der Waals surface area contributed by atoms with Gasteiger partial charge >= 0.3 is 6.03 Å². The predicted molar refractivity (Wildman–Crippen MR) is 90.1 cm³/mol. The topological polar surface area (TPSA) is 59.4 Å². The highest BCUT2D eigenvalue weighted by Crippen LogP contribution is 2.27. The molecule has 2 heterocycles. The van der Waals surface area contributed by atoms with Gasteiger partial charge in [0, 0.05) is 18.9 Å². The van der Waals surface area contributed by atoms with Gasteiger partial charge < -0.3 is 19.5 Å². The largest absolute Gasteiger partial charge is 0.366 e. The van der Waals surface area contributed by atoms with E-state index in [4.69, 9.17) is 4.74 Å². The second-order valence-corrected chi connectivity index (χ2v) is 8.03. The minimum atomic E-state index is -0.338. The summed E-state index contributed by atoms with van der Waals surface area (Å²) in [4.78, 5) is 18.7. The summed E-state index contributed by atoms with van der Waals surface area (Å²) in [6.45, 7) is 14.9. The molecule has 0 spiro atoms. The van der Waals surface area contributed by atoms with Crippen molar-refractivity contribution in [3.8, 4) is 0 Å². The Balaban J connectivity index is 1.96. The summed E-state index contributed by atoms with van der Waals surface area (Å²) in [5.74, 6) is 1.43. The van der Waals surface area contributed by atoms with Crippen LogP contribution in [-0.4, -0.2) is 44.8 Å². The van der Waals surface area contributed by atoms with E-state index in [9.17, 15) is 4.79 Å². The molecule has 0 atom stereocenters. The van der Waals surface area contributed by atoms with Crippen LogP contribution in [0, 0.1) is 5.92 Å². The van der Waals surface area contributed by atoms with Gasteiger partial charge in [0.1, 0.15) is 5.82 Å². The molecule has 1 aliphatic rings. The molecule has 0 unspecified atom stereocenters. The zero-order valence-corrected chi connectivity index (χ0v) is 15.2. The van der Waals surface area contributed by atoms with Gasteiger partial charge in [0.15, 0.2) is 0 Å². The van der Waals surface area contributed by atoms with Crippen molar-refractivity contribution in [1.29, 1.82) is 0 Å². The van der Waals surface area contributed by atoms with Crippen molar-refractivity contribution in [2.24, 2.45) is 5.92 Å². The van der Waals surface area contributed by atoms with Crippen LogP contribution in [0.5, 0.6) is 0 Å². The van der Waals surface area contributed by atoms with Crippen molar-refractivity contribution in [3.63, 3.8) is 0 Å². The summed E-state index contributed by atoms with van der Waals surface area (Å²) in [6, 6.07) is -0.0615. The Labute approximate surface area is 139 Å². The Bertz CT molecular complexity index is 533. The third-order valence-electron chi connectivity index (χ3n) is 3.74. The van der Waals surface area contributed by atoms with E-state index < -0.39 is 0 Å². The van der Waals surface area contributed by atoms with Gasteiger partial charge in [0.05, 0.1) is 30.8 Å². The van der Waals surface area contributed by atoms with E-state index in [0.29, 0.717) is 25.6 Å². The molecule has 0 bridgehead atoms. The number of rotatable bonds is 4. The van der Waals surface area contributed by atoms with Crippen molar-refractivity contribution < 1.29 is 9.53 Å². The number of amides is 2. The second-order valence-electron chi connectivity index (χ2n) is 8.03. The molecule has 2 amide bonds. The van der Waals surface area contributed by atoms with Gasteiger partial charge in [-0.25, -0.2) is 9.78 Å². The Hall–Kier alpha value is -1.56. The molecule has 6 heteroatoms. The second kappa shape index (κ2) is 6.51. The first-order chi connectivity index (χ1) is 10.6. The normalized spacial score (nSPS) is 19.9. The number of imidazole rings is 1. The summed E-state index contributed by atoms with van der Waals surface area (Å²) in [5.41, 5.74) is -0.676. The molecule has 2 rings (SSSR count). The number of hydrogen-bond donors (Lipinski definition) is 1. The highest BCUT2D eigenvalue weighted by Gasteiger charge is 2.39. The van der Waals surface area contributed by atoms with Gasteiger partial charge in [-0.15, -0.1) is 0 Å². The average Bonchev–Trinajstić information content (AvgIpc) is 2.78. The van der Waals surface area contributed by atoms with E-state index in [1.807, 2.05) is 38.8 Å². The predicted octanol–water partition coefficient (Wildman–Crippen LogP) is 2.64. The van der Waals surface area contributed by atoms with Crippen LogP contribution in [0.1, 0.15) is 47.4 Å². The van der Waals surface area contributed by atoms with Crippen molar-refractivity contribution in [3.05, 3.63) is 18.2 Å². The first-order valence-electron chi connectivity index (χ1n) is 8.31. The van der Waals surface area contributed by atoms with Crippen molar-refractivity contribution in [1.82, 2.24) is 19.8 Å². The molecule has 0 aromatic carbocycles. The number of ether oxygens (including phenoxy) is 1. The lowest BCUT2D eigenvalue weighted by Crippen LogP contribution is -2.60.